The van der Waals surface area contributed by atoms with Crippen LogP contribution >= 0.6 is 0 Å². The van der Waals surface area contributed by atoms with E-state index in [4.69, 9.17) is 9.73 Å². The Morgan fingerprint density at radius 1 is 0.760 bits per heavy atom. The monoisotopic (exact) mass is 327 g/mol. The average molecular weight is 327 g/mol. The van der Waals surface area contributed by atoms with Gasteiger partial charge in [-0.25, -0.2) is 0 Å². The second kappa shape index (κ2) is 8.65. The van der Waals surface area contributed by atoms with Gasteiger partial charge in [-0.05, 0) is 34.9 Å². The Balaban J connectivity index is 1.78. The summed E-state index contributed by atoms with van der Waals surface area (Å²) < 4.78 is 5.17. The average Bonchev–Trinajstić information content (AvgIpc) is 2.70. The Hall–Kier alpha value is -3.13. The molecular weight excluding hydrogens is 306 g/mol. The van der Waals surface area contributed by atoms with Gasteiger partial charge in [0.2, 0.25) is 0 Å². The molecule has 0 heterocycles. The molecule has 0 bridgehead atoms. The Morgan fingerprint density at radius 2 is 1.32 bits per heavy atom. The van der Waals surface area contributed by atoms with Crippen molar-refractivity contribution in [3.05, 3.63) is 108 Å². The maximum Gasteiger partial charge on any atom is 0.118 e. The molecule has 0 radical (unpaired) electrons. The van der Waals surface area contributed by atoms with Gasteiger partial charge in [0.15, 0.2) is 0 Å². The highest BCUT2D eigenvalue weighted by molar-refractivity contribution is 5.78. The Bertz CT molecular complexity index is 781. The number of rotatable bonds is 6. The number of ether oxygens (including phenoxy) is 1. The molecule has 2 heteroatoms. The fourth-order valence-corrected chi connectivity index (χ4v) is 2.64. The van der Waals surface area contributed by atoms with Crippen molar-refractivity contribution >= 4 is 12.3 Å². The molecule has 0 aromatic heterocycles. The van der Waals surface area contributed by atoms with Crippen molar-refractivity contribution in [2.45, 2.75) is 6.04 Å². The van der Waals surface area contributed by atoms with Crippen LogP contribution in [-0.2, 0) is 0 Å². The van der Waals surface area contributed by atoms with Gasteiger partial charge in [0.25, 0.3) is 0 Å². The van der Waals surface area contributed by atoms with Crippen molar-refractivity contribution in [2.24, 2.45) is 4.99 Å². The molecule has 0 aliphatic heterocycles. The fourth-order valence-electron chi connectivity index (χ4n) is 2.64. The molecule has 3 rings (SSSR count). The van der Waals surface area contributed by atoms with Crippen LogP contribution in [-0.4, -0.2) is 13.3 Å². The molecule has 0 saturated carbocycles. The zero-order valence-electron chi connectivity index (χ0n) is 14.2. The van der Waals surface area contributed by atoms with E-state index < -0.39 is 0 Å². The van der Waals surface area contributed by atoms with Gasteiger partial charge in [0.1, 0.15) is 5.75 Å². The van der Waals surface area contributed by atoms with Crippen molar-refractivity contribution in [3.8, 4) is 5.75 Å². The lowest BCUT2D eigenvalue weighted by atomic mass is 9.99. The van der Waals surface area contributed by atoms with Crippen molar-refractivity contribution in [1.82, 2.24) is 0 Å². The van der Waals surface area contributed by atoms with Crippen LogP contribution < -0.4 is 4.74 Å². The lowest BCUT2D eigenvalue weighted by molar-refractivity contribution is 0.415. The number of methoxy groups -OCH3 is 1. The molecule has 0 aliphatic carbocycles. The first-order valence-electron chi connectivity index (χ1n) is 8.30. The predicted molar refractivity (Wildman–Crippen MR) is 105 cm³/mol. The lowest BCUT2D eigenvalue weighted by Gasteiger charge is -2.13. The van der Waals surface area contributed by atoms with Gasteiger partial charge in [-0.2, -0.15) is 0 Å². The SMILES string of the molecule is COc1ccc(/C=C/C=NC(c2ccccc2)c2ccccc2)cc1. The highest BCUT2D eigenvalue weighted by Crippen LogP contribution is 2.25. The lowest BCUT2D eigenvalue weighted by Crippen LogP contribution is -1.97. The number of hydrogen-bond acceptors (Lipinski definition) is 2. The van der Waals surface area contributed by atoms with E-state index in [0.717, 1.165) is 11.3 Å². The first-order valence-corrected chi connectivity index (χ1v) is 8.30. The smallest absolute Gasteiger partial charge is 0.118 e. The summed E-state index contributed by atoms with van der Waals surface area (Å²) in [4.78, 5) is 4.78. The van der Waals surface area contributed by atoms with E-state index in [2.05, 4.69) is 24.3 Å². The zero-order chi connectivity index (χ0) is 17.3. The summed E-state index contributed by atoms with van der Waals surface area (Å²) in [6.45, 7) is 0. The summed E-state index contributed by atoms with van der Waals surface area (Å²) in [5.41, 5.74) is 3.48. The van der Waals surface area contributed by atoms with Gasteiger partial charge in [-0.15, -0.1) is 0 Å². The molecule has 0 aliphatic rings. The van der Waals surface area contributed by atoms with E-state index in [-0.39, 0.29) is 6.04 Å². The third kappa shape index (κ3) is 4.67. The van der Waals surface area contributed by atoms with E-state index in [9.17, 15) is 0 Å². The second-order valence-corrected chi connectivity index (χ2v) is 5.65. The predicted octanol–water partition coefficient (Wildman–Crippen LogP) is 5.57. The summed E-state index contributed by atoms with van der Waals surface area (Å²) in [6.07, 6.45) is 5.88. The first kappa shape index (κ1) is 16.7. The summed E-state index contributed by atoms with van der Waals surface area (Å²) >= 11 is 0. The second-order valence-electron chi connectivity index (χ2n) is 5.65. The standard InChI is InChI=1S/C23H21NO/c1-25-22-16-14-19(15-17-22)9-8-18-24-23(20-10-4-2-5-11-20)21-12-6-3-7-13-21/h2-18,23H,1H3/b9-8+,24-18?. The normalized spacial score (nSPS) is 11.4. The minimum Gasteiger partial charge on any atom is -0.497 e. The van der Waals surface area contributed by atoms with Gasteiger partial charge < -0.3 is 4.74 Å². The van der Waals surface area contributed by atoms with Crippen LogP contribution in [0.25, 0.3) is 6.08 Å². The Labute approximate surface area is 149 Å². The first-order chi connectivity index (χ1) is 12.4. The highest BCUT2D eigenvalue weighted by atomic mass is 16.5. The van der Waals surface area contributed by atoms with Crippen LogP contribution in [0, 0.1) is 0 Å². The molecule has 2 nitrogen and oxygen atoms in total. The number of benzene rings is 3. The maximum absolute atomic E-state index is 5.17. The molecule has 0 unspecified atom stereocenters. The summed E-state index contributed by atoms with van der Waals surface area (Å²) in [5, 5.41) is 0. The summed E-state index contributed by atoms with van der Waals surface area (Å²) in [5.74, 6) is 0.860. The number of aliphatic imine (C=N–C) groups is 1. The molecule has 0 saturated heterocycles. The van der Waals surface area contributed by atoms with Crippen LogP contribution in [0.5, 0.6) is 5.75 Å². The minimum absolute atomic E-state index is 0.00270. The molecule has 0 N–H and O–H groups in total. The van der Waals surface area contributed by atoms with Gasteiger partial charge in [0, 0.05) is 6.21 Å². The van der Waals surface area contributed by atoms with Crippen LogP contribution in [0.3, 0.4) is 0 Å². The Morgan fingerprint density at radius 3 is 1.84 bits per heavy atom. The van der Waals surface area contributed by atoms with Crippen LogP contribution in [0.1, 0.15) is 22.7 Å². The van der Waals surface area contributed by atoms with Crippen molar-refractivity contribution in [2.75, 3.05) is 7.11 Å². The quantitative estimate of drug-likeness (QED) is 0.542. The minimum atomic E-state index is 0.00270. The molecule has 25 heavy (non-hydrogen) atoms. The van der Waals surface area contributed by atoms with Gasteiger partial charge >= 0.3 is 0 Å². The van der Waals surface area contributed by atoms with Crippen LogP contribution in [0.4, 0.5) is 0 Å². The number of hydrogen-bond donors (Lipinski definition) is 0. The third-order valence-electron chi connectivity index (χ3n) is 3.96. The number of allylic oxidation sites excluding steroid dienone is 1. The van der Waals surface area contributed by atoms with Gasteiger partial charge in [-0.3, -0.25) is 4.99 Å². The van der Waals surface area contributed by atoms with E-state index in [1.54, 1.807) is 7.11 Å². The topological polar surface area (TPSA) is 21.6 Å². The largest absolute Gasteiger partial charge is 0.497 e. The number of nitrogens with zero attached hydrogens (tertiary/aromatic N) is 1. The van der Waals surface area contributed by atoms with Crippen molar-refractivity contribution in [3.63, 3.8) is 0 Å². The third-order valence-corrected chi connectivity index (χ3v) is 3.96. The Kier molecular flexibility index (Phi) is 5.78. The summed E-state index contributed by atoms with van der Waals surface area (Å²) in [6, 6.07) is 28.7. The molecule has 0 amide bonds. The molecule has 0 fully saturated rings. The van der Waals surface area contributed by atoms with E-state index in [1.807, 2.05) is 79.0 Å². The molecular formula is C23H21NO. The maximum atomic E-state index is 5.17. The molecule has 3 aromatic rings. The molecule has 3 aromatic carbocycles. The van der Waals surface area contributed by atoms with E-state index >= 15 is 0 Å². The van der Waals surface area contributed by atoms with Crippen LogP contribution in [0.2, 0.25) is 0 Å². The molecule has 0 spiro atoms. The highest BCUT2D eigenvalue weighted by Gasteiger charge is 2.10. The van der Waals surface area contributed by atoms with Crippen LogP contribution in [0.15, 0.2) is 96.0 Å². The fraction of sp³-hybridized carbons (Fsp3) is 0.0870. The zero-order valence-corrected chi connectivity index (χ0v) is 14.2. The van der Waals surface area contributed by atoms with Crippen molar-refractivity contribution in [1.29, 1.82) is 0 Å². The molecule has 0 atom stereocenters. The summed E-state index contributed by atoms with van der Waals surface area (Å²) in [7, 11) is 1.67. The van der Waals surface area contributed by atoms with E-state index in [0.29, 0.717) is 0 Å². The van der Waals surface area contributed by atoms with Gasteiger partial charge in [-0.1, -0.05) is 78.9 Å². The molecule has 124 valence electrons. The van der Waals surface area contributed by atoms with E-state index in [1.165, 1.54) is 11.1 Å². The van der Waals surface area contributed by atoms with Crippen molar-refractivity contribution < 1.29 is 4.74 Å². The van der Waals surface area contributed by atoms with Gasteiger partial charge in [0.05, 0.1) is 13.2 Å².